The highest BCUT2D eigenvalue weighted by atomic mass is 16.6. The van der Waals surface area contributed by atoms with Gasteiger partial charge in [-0.05, 0) is 77.0 Å². The Morgan fingerprint density at radius 2 is 0.451 bits per heavy atom. The van der Waals surface area contributed by atoms with E-state index in [1.807, 2.05) is 0 Å². The van der Waals surface area contributed by atoms with Crippen molar-refractivity contribution in [1.82, 2.24) is 0 Å². The maximum Gasteiger partial charge on any atom is 0.306 e. The molecule has 0 saturated heterocycles. The van der Waals surface area contributed by atoms with Crippen molar-refractivity contribution in [3.63, 3.8) is 0 Å². The lowest BCUT2D eigenvalue weighted by Gasteiger charge is -2.18. The van der Waals surface area contributed by atoms with E-state index in [2.05, 4.69) is 69.4 Å². The maximum absolute atomic E-state index is 12.9. The van der Waals surface area contributed by atoms with Crippen LogP contribution in [0.4, 0.5) is 0 Å². The predicted molar refractivity (Wildman–Crippen MR) is 358 cm³/mol. The molecular weight excluding hydrogens is 1010 g/mol. The lowest BCUT2D eigenvalue weighted by Crippen LogP contribution is -2.30. The van der Waals surface area contributed by atoms with Crippen molar-refractivity contribution < 1.29 is 28.6 Å². The fraction of sp³-hybridized carbons (Fsp3) is 0.855. The van der Waals surface area contributed by atoms with Gasteiger partial charge < -0.3 is 14.2 Å². The molecule has 0 amide bonds. The average molecular weight is 1150 g/mol. The van der Waals surface area contributed by atoms with Crippen LogP contribution in [0.2, 0.25) is 0 Å². The molecule has 82 heavy (non-hydrogen) atoms. The van der Waals surface area contributed by atoms with Crippen LogP contribution in [0.3, 0.4) is 0 Å². The van der Waals surface area contributed by atoms with Crippen LogP contribution in [0.5, 0.6) is 0 Å². The summed E-state index contributed by atoms with van der Waals surface area (Å²) in [6, 6.07) is 0. The summed E-state index contributed by atoms with van der Waals surface area (Å²) >= 11 is 0. The lowest BCUT2D eigenvalue weighted by atomic mass is 10.0. The van der Waals surface area contributed by atoms with Crippen LogP contribution >= 0.6 is 0 Å². The van der Waals surface area contributed by atoms with Crippen LogP contribution in [0.15, 0.2) is 48.6 Å². The van der Waals surface area contributed by atoms with Crippen LogP contribution in [-0.4, -0.2) is 37.2 Å². The van der Waals surface area contributed by atoms with E-state index in [0.29, 0.717) is 19.3 Å². The molecule has 0 rings (SSSR count). The number of carbonyl (C=O) groups excluding carboxylic acids is 3. The van der Waals surface area contributed by atoms with Crippen LogP contribution in [0.1, 0.15) is 400 Å². The highest BCUT2D eigenvalue weighted by Gasteiger charge is 2.19. The Kier molecular flexibility index (Phi) is 68.6. The maximum atomic E-state index is 12.9. The smallest absolute Gasteiger partial charge is 0.306 e. The molecule has 0 aromatic heterocycles. The normalized spacial score (nSPS) is 12.3. The first-order valence-electron chi connectivity index (χ1n) is 36.6. The number of unbranched alkanes of at least 4 members (excludes halogenated alkanes) is 49. The average Bonchev–Trinajstić information content (AvgIpc) is 3.48. The minimum absolute atomic E-state index is 0.0776. The van der Waals surface area contributed by atoms with Gasteiger partial charge in [0.1, 0.15) is 13.2 Å². The number of carbonyl (C=O) groups is 3. The first-order chi connectivity index (χ1) is 40.5. The lowest BCUT2D eigenvalue weighted by molar-refractivity contribution is -0.167. The third-order valence-corrected chi connectivity index (χ3v) is 16.6. The van der Waals surface area contributed by atoms with Gasteiger partial charge in [-0.3, -0.25) is 14.4 Å². The summed E-state index contributed by atoms with van der Waals surface area (Å²) in [5.74, 6) is -0.877. The Bertz CT molecular complexity index is 1410. The van der Waals surface area contributed by atoms with Crippen molar-refractivity contribution in [2.45, 2.75) is 406 Å². The molecule has 0 bridgehead atoms. The standard InChI is InChI=1S/C76H140O6/c1-4-7-10-13-16-19-22-24-26-28-30-32-33-34-35-36-37-38-39-40-41-42-44-45-47-49-51-54-57-60-63-66-69-75(78)81-72-73(71-80-74(77)68-65-62-59-56-53-21-18-15-12-9-6-3)82-76(79)70-67-64-61-58-55-52-50-48-46-43-31-29-27-25-23-20-17-14-11-8-5-2/h15,18,23,25,29,31,46,48,73H,4-14,16-17,19-22,24,26-28,30,32-45,47,49-72H2,1-3H3/b18-15-,25-23-,31-29-,48-46-. The van der Waals surface area contributed by atoms with Crippen molar-refractivity contribution in [3.8, 4) is 0 Å². The molecule has 0 aliphatic heterocycles. The van der Waals surface area contributed by atoms with Gasteiger partial charge in [-0.15, -0.1) is 0 Å². The topological polar surface area (TPSA) is 78.9 Å². The van der Waals surface area contributed by atoms with Crippen molar-refractivity contribution in [2.24, 2.45) is 0 Å². The van der Waals surface area contributed by atoms with Gasteiger partial charge in [0.2, 0.25) is 0 Å². The van der Waals surface area contributed by atoms with E-state index in [0.717, 1.165) is 83.5 Å². The van der Waals surface area contributed by atoms with Crippen LogP contribution in [0, 0.1) is 0 Å². The third-order valence-electron chi connectivity index (χ3n) is 16.6. The quantitative estimate of drug-likeness (QED) is 0.0261. The monoisotopic (exact) mass is 1150 g/mol. The zero-order valence-corrected chi connectivity index (χ0v) is 55.3. The second-order valence-electron chi connectivity index (χ2n) is 24.9. The number of rotatable bonds is 68. The first-order valence-corrected chi connectivity index (χ1v) is 36.6. The van der Waals surface area contributed by atoms with E-state index in [-0.39, 0.29) is 31.1 Å². The zero-order valence-electron chi connectivity index (χ0n) is 55.3. The Morgan fingerprint density at radius 1 is 0.244 bits per heavy atom. The van der Waals surface area contributed by atoms with E-state index < -0.39 is 6.10 Å². The number of allylic oxidation sites excluding steroid dienone is 8. The van der Waals surface area contributed by atoms with Gasteiger partial charge in [-0.2, -0.15) is 0 Å². The minimum Gasteiger partial charge on any atom is -0.462 e. The number of hydrogen-bond acceptors (Lipinski definition) is 6. The molecule has 0 fully saturated rings. The Balaban J connectivity index is 4.12. The largest absolute Gasteiger partial charge is 0.462 e. The number of ether oxygens (including phenoxy) is 3. The Morgan fingerprint density at radius 3 is 0.732 bits per heavy atom. The fourth-order valence-corrected chi connectivity index (χ4v) is 11.0. The van der Waals surface area contributed by atoms with Gasteiger partial charge in [0.05, 0.1) is 0 Å². The summed E-state index contributed by atoms with van der Waals surface area (Å²) in [6.45, 7) is 6.64. The van der Waals surface area contributed by atoms with E-state index in [4.69, 9.17) is 14.2 Å². The summed E-state index contributed by atoms with van der Waals surface area (Å²) in [7, 11) is 0. The molecule has 0 spiro atoms. The van der Waals surface area contributed by atoms with Gasteiger partial charge in [-0.1, -0.05) is 352 Å². The number of hydrogen-bond donors (Lipinski definition) is 0. The first kappa shape index (κ1) is 79.4. The minimum atomic E-state index is -0.783. The van der Waals surface area contributed by atoms with Crippen LogP contribution < -0.4 is 0 Å². The highest BCUT2D eigenvalue weighted by molar-refractivity contribution is 5.71. The molecule has 480 valence electrons. The van der Waals surface area contributed by atoms with Crippen LogP contribution in [-0.2, 0) is 28.6 Å². The summed E-state index contributed by atoms with van der Waals surface area (Å²) in [6.07, 6.45) is 90.3. The van der Waals surface area contributed by atoms with E-state index in [9.17, 15) is 14.4 Å². The van der Waals surface area contributed by atoms with Crippen LogP contribution in [0.25, 0.3) is 0 Å². The molecule has 0 aromatic carbocycles. The molecule has 6 nitrogen and oxygen atoms in total. The summed E-state index contributed by atoms with van der Waals surface area (Å²) in [4.78, 5) is 38.4. The molecule has 1 unspecified atom stereocenters. The molecule has 0 N–H and O–H groups in total. The van der Waals surface area contributed by atoms with Gasteiger partial charge in [0.15, 0.2) is 6.10 Å². The molecule has 6 heteroatoms. The second-order valence-corrected chi connectivity index (χ2v) is 24.9. The van der Waals surface area contributed by atoms with E-state index in [1.54, 1.807) is 0 Å². The van der Waals surface area contributed by atoms with E-state index in [1.165, 1.54) is 276 Å². The summed E-state index contributed by atoms with van der Waals surface area (Å²) in [5, 5.41) is 0. The fourth-order valence-electron chi connectivity index (χ4n) is 11.0. The van der Waals surface area contributed by atoms with Gasteiger partial charge in [-0.25, -0.2) is 0 Å². The number of esters is 3. The molecule has 0 aliphatic rings. The van der Waals surface area contributed by atoms with E-state index >= 15 is 0 Å². The molecule has 0 radical (unpaired) electrons. The molecule has 0 heterocycles. The van der Waals surface area contributed by atoms with Gasteiger partial charge >= 0.3 is 17.9 Å². The zero-order chi connectivity index (χ0) is 59.2. The summed E-state index contributed by atoms with van der Waals surface area (Å²) in [5.41, 5.74) is 0. The highest BCUT2D eigenvalue weighted by Crippen LogP contribution is 2.19. The Hall–Kier alpha value is -2.63. The third kappa shape index (κ3) is 68.2. The van der Waals surface area contributed by atoms with Crippen molar-refractivity contribution in [2.75, 3.05) is 13.2 Å². The van der Waals surface area contributed by atoms with Crippen molar-refractivity contribution >= 4 is 17.9 Å². The predicted octanol–water partition coefficient (Wildman–Crippen LogP) is 25.3. The molecule has 1 atom stereocenters. The van der Waals surface area contributed by atoms with Crippen molar-refractivity contribution in [3.05, 3.63) is 48.6 Å². The SMILES string of the molecule is CCCC/C=C\CCCCCCCC(=O)OCC(COC(=O)CCCCCCCCCCCCCCCCCCCCCCCCCCCCCCCCCC)OC(=O)CCCCCCCC/C=C\C/C=C\C/C=C\CCCCCCC. The Labute approximate surface area is 511 Å². The molecular formula is C76H140O6. The molecule has 0 aromatic rings. The van der Waals surface area contributed by atoms with Gasteiger partial charge in [0.25, 0.3) is 0 Å². The molecule has 0 saturated carbocycles. The second kappa shape index (κ2) is 70.9. The summed E-state index contributed by atoms with van der Waals surface area (Å²) < 4.78 is 16.9. The van der Waals surface area contributed by atoms with Gasteiger partial charge in [0, 0.05) is 19.3 Å². The molecule has 0 aliphatic carbocycles. The van der Waals surface area contributed by atoms with Crippen molar-refractivity contribution in [1.29, 1.82) is 0 Å².